The van der Waals surface area contributed by atoms with E-state index in [9.17, 15) is 34.5 Å². The van der Waals surface area contributed by atoms with Gasteiger partial charge in [0.25, 0.3) is 5.91 Å². The Bertz CT molecular complexity index is 960. The Balaban J connectivity index is 2.76. The van der Waals surface area contributed by atoms with Crippen molar-refractivity contribution in [2.75, 3.05) is 12.9 Å². The van der Waals surface area contributed by atoms with Crippen LogP contribution in [0.2, 0.25) is 0 Å². The highest BCUT2D eigenvalue weighted by atomic mass is 35.5. The summed E-state index contributed by atoms with van der Waals surface area (Å²) in [6, 6.07) is 1.80. The van der Waals surface area contributed by atoms with E-state index < -0.39 is 54.0 Å². The van der Waals surface area contributed by atoms with E-state index in [2.05, 4.69) is 10.6 Å². The number of carboxylic acid groups (broad SMARTS) is 1. The number of nitrogens with one attached hydrogen (secondary N) is 2. The highest BCUT2D eigenvalue weighted by molar-refractivity contribution is 6.17. The standard InChI is InChI=1S/C28H45ClN4O7/c1-17(2)23(25(36)32-22(28(39)40)16-19-11-13-20(34)14-12-19)33(4)27(38)18(3)31-26(37)24(35)21(30)10-8-6-5-7-9-15-29/h11-14,17-18,21-24,34-35H,5-10,15-16,30H2,1-4H3,(H,31,37)(H,32,36)(H,39,40)/t18-,21-,22-,23-,24-/m0/s1. The van der Waals surface area contributed by atoms with E-state index in [4.69, 9.17) is 17.3 Å². The zero-order chi connectivity index (χ0) is 30.4. The van der Waals surface area contributed by atoms with E-state index in [0.29, 0.717) is 17.9 Å². The number of aliphatic hydroxyl groups is 1. The van der Waals surface area contributed by atoms with Crippen LogP contribution in [0.15, 0.2) is 24.3 Å². The summed E-state index contributed by atoms with van der Waals surface area (Å²) < 4.78 is 0. The van der Waals surface area contributed by atoms with E-state index in [1.807, 2.05) is 0 Å². The molecule has 1 aromatic rings. The number of unbranched alkanes of at least 4 members (excludes halogenated alkanes) is 4. The number of phenolic OH excluding ortho intramolecular Hbond substituents is 1. The van der Waals surface area contributed by atoms with E-state index in [0.717, 1.165) is 37.0 Å². The van der Waals surface area contributed by atoms with Gasteiger partial charge in [0.1, 0.15) is 30.0 Å². The van der Waals surface area contributed by atoms with Crippen LogP contribution < -0.4 is 16.4 Å². The smallest absolute Gasteiger partial charge is 0.326 e. The summed E-state index contributed by atoms with van der Waals surface area (Å²) >= 11 is 5.66. The Hall–Kier alpha value is -2.89. The minimum absolute atomic E-state index is 0.0259. The number of carboxylic acids is 1. The fraction of sp³-hybridized carbons (Fsp3) is 0.643. The molecule has 0 fully saturated rings. The number of benzene rings is 1. The molecule has 0 bridgehead atoms. The molecule has 5 atom stereocenters. The summed E-state index contributed by atoms with van der Waals surface area (Å²) in [5.74, 6) is -3.02. The monoisotopic (exact) mass is 584 g/mol. The van der Waals surface area contributed by atoms with Crippen LogP contribution in [0, 0.1) is 5.92 Å². The lowest BCUT2D eigenvalue weighted by Gasteiger charge is -2.33. The van der Waals surface area contributed by atoms with Gasteiger partial charge in [-0.3, -0.25) is 14.4 Å². The molecule has 226 valence electrons. The Kier molecular flexibility index (Phi) is 15.6. The predicted octanol–water partition coefficient (Wildman–Crippen LogP) is 1.76. The number of alkyl halides is 1. The lowest BCUT2D eigenvalue weighted by Crippen LogP contribution is -2.58. The summed E-state index contributed by atoms with van der Waals surface area (Å²) in [6.45, 7) is 4.86. The van der Waals surface area contributed by atoms with Crippen molar-refractivity contribution in [1.82, 2.24) is 15.5 Å². The number of aromatic hydroxyl groups is 1. The van der Waals surface area contributed by atoms with Gasteiger partial charge in [0.2, 0.25) is 11.8 Å². The summed E-state index contributed by atoms with van der Waals surface area (Å²) in [6.07, 6.45) is 3.54. The van der Waals surface area contributed by atoms with Gasteiger partial charge in [-0.05, 0) is 43.4 Å². The molecule has 1 aromatic carbocycles. The maximum atomic E-state index is 13.2. The SMILES string of the molecule is CC(C)[C@@H](C(=O)N[C@@H](Cc1ccc(O)cc1)C(=O)O)N(C)C(=O)[C@H](C)NC(=O)[C@@H](O)[C@@H](N)CCCCCCCCl. The molecule has 7 N–H and O–H groups in total. The number of nitrogens with zero attached hydrogens (tertiary/aromatic N) is 1. The van der Waals surface area contributed by atoms with Crippen molar-refractivity contribution in [2.45, 2.75) is 96.0 Å². The minimum atomic E-state index is -1.50. The number of aliphatic hydroxyl groups excluding tert-OH is 1. The van der Waals surface area contributed by atoms with Crippen molar-refractivity contribution < 1.29 is 34.5 Å². The lowest BCUT2D eigenvalue weighted by atomic mass is 9.99. The van der Waals surface area contributed by atoms with Gasteiger partial charge in [-0.2, -0.15) is 0 Å². The Labute approximate surface area is 241 Å². The normalized spacial score (nSPS) is 15.0. The number of carbonyl (C=O) groups excluding carboxylic acids is 3. The quantitative estimate of drug-likeness (QED) is 0.111. The molecular weight excluding hydrogens is 540 g/mol. The molecule has 0 radical (unpaired) electrons. The van der Waals surface area contributed by atoms with Gasteiger partial charge in [0.05, 0.1) is 0 Å². The summed E-state index contributed by atoms with van der Waals surface area (Å²) in [5.41, 5.74) is 6.58. The molecular formula is C28H45ClN4O7. The molecule has 12 heteroatoms. The van der Waals surface area contributed by atoms with E-state index >= 15 is 0 Å². The van der Waals surface area contributed by atoms with E-state index in [1.54, 1.807) is 26.0 Å². The first-order valence-electron chi connectivity index (χ1n) is 13.7. The number of likely N-dealkylation sites (N-methyl/N-ethyl adjacent to an activating group) is 1. The largest absolute Gasteiger partial charge is 0.508 e. The van der Waals surface area contributed by atoms with E-state index in [-0.39, 0.29) is 18.1 Å². The third kappa shape index (κ3) is 11.7. The zero-order valence-corrected chi connectivity index (χ0v) is 24.6. The number of rotatable bonds is 18. The van der Waals surface area contributed by atoms with Gasteiger partial charge >= 0.3 is 5.97 Å². The van der Waals surface area contributed by atoms with Crippen LogP contribution in [0.4, 0.5) is 0 Å². The summed E-state index contributed by atoms with van der Waals surface area (Å²) in [5, 5.41) is 34.4. The molecule has 11 nitrogen and oxygen atoms in total. The van der Waals surface area contributed by atoms with Crippen molar-refractivity contribution in [3.8, 4) is 5.75 Å². The molecule has 0 saturated heterocycles. The van der Waals surface area contributed by atoms with Crippen molar-refractivity contribution >= 4 is 35.3 Å². The van der Waals surface area contributed by atoms with Crippen molar-refractivity contribution in [3.63, 3.8) is 0 Å². The fourth-order valence-electron chi connectivity index (χ4n) is 4.41. The molecule has 0 aromatic heterocycles. The van der Waals surface area contributed by atoms with Gasteiger partial charge in [0.15, 0.2) is 0 Å². The van der Waals surface area contributed by atoms with Gasteiger partial charge < -0.3 is 36.6 Å². The molecule has 0 spiro atoms. The molecule has 0 unspecified atom stereocenters. The number of phenols is 1. The van der Waals surface area contributed by atoms with Gasteiger partial charge in [0, 0.05) is 25.4 Å². The lowest BCUT2D eigenvalue weighted by molar-refractivity contribution is -0.146. The summed E-state index contributed by atoms with van der Waals surface area (Å²) in [4.78, 5) is 51.9. The van der Waals surface area contributed by atoms with Gasteiger partial charge in [-0.25, -0.2) is 4.79 Å². The molecule has 40 heavy (non-hydrogen) atoms. The second-order valence-electron chi connectivity index (χ2n) is 10.5. The highest BCUT2D eigenvalue weighted by Gasteiger charge is 2.35. The molecule has 0 aliphatic heterocycles. The minimum Gasteiger partial charge on any atom is -0.508 e. The number of carbonyl (C=O) groups is 4. The number of halogens is 1. The van der Waals surface area contributed by atoms with Gasteiger partial charge in [-0.15, -0.1) is 11.6 Å². The Morgan fingerprint density at radius 1 is 0.950 bits per heavy atom. The topological polar surface area (TPSA) is 182 Å². The highest BCUT2D eigenvalue weighted by Crippen LogP contribution is 2.15. The van der Waals surface area contributed by atoms with Crippen molar-refractivity contribution in [3.05, 3.63) is 29.8 Å². The summed E-state index contributed by atoms with van der Waals surface area (Å²) in [7, 11) is 1.40. The van der Waals surface area contributed by atoms with E-state index in [1.165, 1.54) is 26.1 Å². The van der Waals surface area contributed by atoms with Crippen molar-refractivity contribution in [2.24, 2.45) is 11.7 Å². The van der Waals surface area contributed by atoms with Crippen LogP contribution in [-0.4, -0.2) is 87.1 Å². The maximum Gasteiger partial charge on any atom is 0.326 e. The van der Waals surface area contributed by atoms with Crippen molar-refractivity contribution in [1.29, 1.82) is 0 Å². The number of amides is 3. The third-order valence-electron chi connectivity index (χ3n) is 6.73. The third-order valence-corrected chi connectivity index (χ3v) is 7.00. The molecule has 0 aliphatic carbocycles. The van der Waals surface area contributed by atoms with Crippen LogP contribution in [-0.2, 0) is 25.6 Å². The maximum absolute atomic E-state index is 13.2. The predicted molar refractivity (Wildman–Crippen MR) is 153 cm³/mol. The van der Waals surface area contributed by atoms with Gasteiger partial charge in [-0.1, -0.05) is 51.7 Å². The molecule has 0 saturated carbocycles. The number of hydrogen-bond acceptors (Lipinski definition) is 7. The molecule has 0 heterocycles. The van der Waals surface area contributed by atoms with Crippen LogP contribution in [0.1, 0.15) is 64.9 Å². The second kappa shape index (κ2) is 17.7. The molecule has 1 rings (SSSR count). The number of hydrogen-bond donors (Lipinski definition) is 6. The fourth-order valence-corrected chi connectivity index (χ4v) is 4.60. The average molecular weight is 585 g/mol. The van der Waals surface area contributed by atoms with Crippen LogP contribution >= 0.6 is 11.6 Å². The van der Waals surface area contributed by atoms with Crippen LogP contribution in [0.25, 0.3) is 0 Å². The van der Waals surface area contributed by atoms with Crippen LogP contribution in [0.5, 0.6) is 5.75 Å². The average Bonchev–Trinajstić information content (AvgIpc) is 2.89. The molecule has 0 aliphatic rings. The first kappa shape index (κ1) is 35.1. The Morgan fingerprint density at radius 2 is 1.52 bits per heavy atom. The first-order valence-corrected chi connectivity index (χ1v) is 14.2. The number of nitrogens with two attached hydrogens (primary N) is 1. The Morgan fingerprint density at radius 3 is 2.08 bits per heavy atom. The molecule has 3 amide bonds. The zero-order valence-electron chi connectivity index (χ0n) is 23.8. The van der Waals surface area contributed by atoms with Crippen LogP contribution in [0.3, 0.4) is 0 Å². The second-order valence-corrected chi connectivity index (χ2v) is 10.9. The number of aliphatic carboxylic acids is 1. The first-order chi connectivity index (χ1) is 18.8.